The maximum absolute atomic E-state index is 12.4. The number of nitrogens with one attached hydrogen (secondary N) is 2. The lowest BCUT2D eigenvalue weighted by Gasteiger charge is -2.22. The van der Waals surface area contributed by atoms with Gasteiger partial charge in [0.25, 0.3) is 0 Å². The number of hydrogen-bond acceptors (Lipinski definition) is 4. The van der Waals surface area contributed by atoms with Gasteiger partial charge in [0.2, 0.25) is 5.88 Å². The quantitative estimate of drug-likeness (QED) is 0.629. The van der Waals surface area contributed by atoms with Crippen LogP contribution in [-0.4, -0.2) is 16.0 Å². The second-order valence-electron chi connectivity index (χ2n) is 7.50. The Bertz CT molecular complexity index is 963. The van der Waals surface area contributed by atoms with E-state index in [9.17, 15) is 4.79 Å². The third-order valence-corrected chi connectivity index (χ3v) is 4.07. The van der Waals surface area contributed by atoms with Gasteiger partial charge >= 0.3 is 6.03 Å². The van der Waals surface area contributed by atoms with Gasteiger partial charge in [0.05, 0.1) is 0 Å². The van der Waals surface area contributed by atoms with Gasteiger partial charge in [-0.1, -0.05) is 45.0 Å². The van der Waals surface area contributed by atoms with Gasteiger partial charge in [-0.15, -0.1) is 0 Å². The fourth-order valence-electron chi connectivity index (χ4n) is 2.66. The number of hydrogen-bond donors (Lipinski definition) is 2. The number of benzene rings is 1. The monoisotopic (exact) mass is 376 g/mol. The van der Waals surface area contributed by atoms with Crippen LogP contribution in [0.2, 0.25) is 0 Å². The van der Waals surface area contributed by atoms with Gasteiger partial charge in [-0.25, -0.2) is 14.8 Å². The molecular formula is C22H24N4O2. The molecule has 2 N–H and O–H groups in total. The number of amides is 2. The van der Waals surface area contributed by atoms with Crippen LogP contribution in [0.25, 0.3) is 0 Å². The Balaban J connectivity index is 1.79. The van der Waals surface area contributed by atoms with E-state index in [1.807, 2.05) is 37.3 Å². The molecule has 28 heavy (non-hydrogen) atoms. The third-order valence-electron chi connectivity index (χ3n) is 4.07. The Hall–Kier alpha value is -3.41. The topological polar surface area (TPSA) is 76.1 Å². The van der Waals surface area contributed by atoms with E-state index in [0.717, 1.165) is 11.1 Å². The van der Waals surface area contributed by atoms with Crippen molar-refractivity contribution in [2.75, 3.05) is 10.6 Å². The second-order valence-corrected chi connectivity index (χ2v) is 7.50. The number of nitrogens with zero attached hydrogens (tertiary/aromatic N) is 2. The van der Waals surface area contributed by atoms with Crippen molar-refractivity contribution in [3.63, 3.8) is 0 Å². The van der Waals surface area contributed by atoms with Crippen molar-refractivity contribution in [3.05, 3.63) is 72.1 Å². The molecule has 0 fully saturated rings. The number of rotatable bonds is 4. The number of urea groups is 1. The number of para-hydroxylation sites is 1. The molecule has 0 spiro atoms. The highest BCUT2D eigenvalue weighted by atomic mass is 16.5. The molecule has 0 aliphatic carbocycles. The van der Waals surface area contributed by atoms with Crippen LogP contribution in [0, 0.1) is 6.92 Å². The smallest absolute Gasteiger partial charge is 0.325 e. The number of carbonyl (C=O) groups excluding carboxylic acids is 1. The minimum absolute atomic E-state index is 0.0898. The van der Waals surface area contributed by atoms with Crippen LogP contribution in [0.15, 0.2) is 60.9 Å². The Labute approximate surface area is 165 Å². The van der Waals surface area contributed by atoms with Gasteiger partial charge in [-0.2, -0.15) is 0 Å². The summed E-state index contributed by atoms with van der Waals surface area (Å²) in [7, 11) is 0. The van der Waals surface area contributed by atoms with Crippen LogP contribution < -0.4 is 15.4 Å². The van der Waals surface area contributed by atoms with E-state index in [0.29, 0.717) is 23.1 Å². The number of ether oxygens (including phenoxy) is 1. The zero-order chi connectivity index (χ0) is 20.1. The summed E-state index contributed by atoms with van der Waals surface area (Å²) in [5.74, 6) is 1.50. The average Bonchev–Trinajstić information content (AvgIpc) is 2.65. The minimum atomic E-state index is -0.418. The first-order valence-electron chi connectivity index (χ1n) is 9.06. The van der Waals surface area contributed by atoms with Crippen LogP contribution in [0.5, 0.6) is 11.6 Å². The van der Waals surface area contributed by atoms with Crippen LogP contribution in [0.1, 0.15) is 31.9 Å². The van der Waals surface area contributed by atoms with Gasteiger partial charge in [0, 0.05) is 18.0 Å². The maximum atomic E-state index is 12.4. The van der Waals surface area contributed by atoms with E-state index in [2.05, 4.69) is 41.4 Å². The molecule has 0 aliphatic rings. The first-order valence-corrected chi connectivity index (χ1v) is 9.06. The van der Waals surface area contributed by atoms with E-state index in [1.165, 1.54) is 0 Å². The lowest BCUT2D eigenvalue weighted by atomic mass is 9.86. The molecule has 6 nitrogen and oxygen atoms in total. The summed E-state index contributed by atoms with van der Waals surface area (Å²) in [6.45, 7) is 8.30. The Morgan fingerprint density at radius 1 is 0.964 bits per heavy atom. The Kier molecular flexibility index (Phi) is 5.59. The highest BCUT2D eigenvalue weighted by molar-refractivity contribution is 5.99. The summed E-state index contributed by atoms with van der Waals surface area (Å²) in [5.41, 5.74) is 2.45. The van der Waals surface area contributed by atoms with Crippen LogP contribution in [0.3, 0.4) is 0 Å². The number of carbonyl (C=O) groups is 1. The van der Waals surface area contributed by atoms with Crippen molar-refractivity contribution in [2.24, 2.45) is 0 Å². The van der Waals surface area contributed by atoms with Gasteiger partial charge < -0.3 is 10.1 Å². The molecule has 144 valence electrons. The van der Waals surface area contributed by atoms with Gasteiger partial charge in [-0.3, -0.25) is 5.32 Å². The van der Waals surface area contributed by atoms with E-state index >= 15 is 0 Å². The largest absolute Gasteiger partial charge is 0.437 e. The molecule has 6 heteroatoms. The summed E-state index contributed by atoms with van der Waals surface area (Å²) >= 11 is 0. The predicted octanol–water partition coefficient (Wildman–Crippen LogP) is 5.52. The van der Waals surface area contributed by atoms with Gasteiger partial charge in [0.1, 0.15) is 17.3 Å². The minimum Gasteiger partial charge on any atom is -0.437 e. The highest BCUT2D eigenvalue weighted by Gasteiger charge is 2.20. The fourth-order valence-corrected chi connectivity index (χ4v) is 2.66. The number of anilines is 2. The lowest BCUT2D eigenvalue weighted by molar-refractivity contribution is 0.262. The molecule has 0 saturated heterocycles. The van der Waals surface area contributed by atoms with Gasteiger partial charge in [-0.05, 0) is 42.2 Å². The summed E-state index contributed by atoms with van der Waals surface area (Å²) in [4.78, 5) is 20.8. The van der Waals surface area contributed by atoms with Crippen molar-refractivity contribution in [2.45, 2.75) is 33.1 Å². The number of pyridine rings is 2. The maximum Gasteiger partial charge on any atom is 0.325 e. The first-order chi connectivity index (χ1) is 13.3. The fraction of sp³-hybridized carbons (Fsp3) is 0.227. The van der Waals surface area contributed by atoms with E-state index in [-0.39, 0.29) is 5.41 Å². The van der Waals surface area contributed by atoms with Crippen LogP contribution >= 0.6 is 0 Å². The average molecular weight is 376 g/mol. The SMILES string of the molecule is Cc1ccc(NC(=O)Nc2cccnc2Oc2ccccc2C(C)(C)C)nc1. The summed E-state index contributed by atoms with van der Waals surface area (Å²) in [6, 6.07) is 14.5. The Morgan fingerprint density at radius 3 is 2.46 bits per heavy atom. The van der Waals surface area contributed by atoms with Crippen molar-refractivity contribution in [1.29, 1.82) is 0 Å². The van der Waals surface area contributed by atoms with Crippen molar-refractivity contribution in [1.82, 2.24) is 9.97 Å². The van der Waals surface area contributed by atoms with Gasteiger partial charge in [0.15, 0.2) is 0 Å². The van der Waals surface area contributed by atoms with Crippen LogP contribution in [-0.2, 0) is 5.41 Å². The van der Waals surface area contributed by atoms with E-state index in [4.69, 9.17) is 4.74 Å². The molecular weight excluding hydrogens is 352 g/mol. The lowest BCUT2D eigenvalue weighted by Crippen LogP contribution is -2.20. The van der Waals surface area contributed by atoms with Crippen molar-refractivity contribution < 1.29 is 9.53 Å². The summed E-state index contributed by atoms with van der Waals surface area (Å²) in [5, 5.41) is 5.47. The molecule has 0 radical (unpaired) electrons. The molecule has 2 amide bonds. The molecule has 0 atom stereocenters. The molecule has 0 bridgehead atoms. The number of aromatic nitrogens is 2. The standard InChI is InChI=1S/C22H24N4O2/c1-15-11-12-19(24-14-15)26-21(27)25-17-9-7-13-23-20(17)28-18-10-6-5-8-16(18)22(2,3)4/h5-14H,1-4H3,(H2,24,25,26,27). The molecule has 3 rings (SSSR count). The molecule has 0 saturated carbocycles. The molecule has 2 aromatic heterocycles. The van der Waals surface area contributed by atoms with Crippen molar-refractivity contribution >= 4 is 17.5 Å². The Morgan fingerprint density at radius 2 is 1.75 bits per heavy atom. The van der Waals surface area contributed by atoms with Crippen LogP contribution in [0.4, 0.5) is 16.3 Å². The zero-order valence-electron chi connectivity index (χ0n) is 16.5. The van der Waals surface area contributed by atoms with E-state index < -0.39 is 6.03 Å². The zero-order valence-corrected chi connectivity index (χ0v) is 16.5. The molecule has 2 heterocycles. The number of aryl methyl sites for hydroxylation is 1. The summed E-state index contributed by atoms with van der Waals surface area (Å²) in [6.07, 6.45) is 3.32. The van der Waals surface area contributed by atoms with E-state index in [1.54, 1.807) is 30.6 Å². The molecule has 1 aromatic carbocycles. The third kappa shape index (κ3) is 4.85. The second kappa shape index (κ2) is 8.08. The first kappa shape index (κ1) is 19.4. The highest BCUT2D eigenvalue weighted by Crippen LogP contribution is 2.35. The summed E-state index contributed by atoms with van der Waals surface area (Å²) < 4.78 is 6.06. The normalized spacial score (nSPS) is 11.0. The molecule has 0 aliphatic heterocycles. The molecule has 3 aromatic rings. The molecule has 0 unspecified atom stereocenters. The predicted molar refractivity (Wildman–Crippen MR) is 111 cm³/mol. The van der Waals surface area contributed by atoms with Crippen molar-refractivity contribution in [3.8, 4) is 11.6 Å².